The van der Waals surface area contributed by atoms with Gasteiger partial charge in [0.2, 0.25) is 6.86 Å². The first-order chi connectivity index (χ1) is 14.2. The number of rotatable bonds is 6. The number of fused-ring (bicyclic) bond motifs is 1. The zero-order chi connectivity index (χ0) is 20.1. The highest BCUT2D eigenvalue weighted by molar-refractivity contribution is 5.87. The topological polar surface area (TPSA) is 69.5 Å². The van der Waals surface area contributed by atoms with Crippen molar-refractivity contribution in [2.45, 2.75) is 19.3 Å². The predicted octanol–water partition coefficient (Wildman–Crippen LogP) is 3.89. The van der Waals surface area contributed by atoms with Crippen molar-refractivity contribution in [1.29, 1.82) is 0 Å². The molecule has 1 fully saturated rings. The van der Waals surface area contributed by atoms with Crippen LogP contribution in [0.4, 0.5) is 9.18 Å². The van der Waals surface area contributed by atoms with E-state index >= 15 is 0 Å². The van der Waals surface area contributed by atoms with Gasteiger partial charge in [-0.25, -0.2) is 9.18 Å². The molecule has 0 atom stereocenters. The van der Waals surface area contributed by atoms with Crippen LogP contribution in [0.25, 0.3) is 11.0 Å². The summed E-state index contributed by atoms with van der Waals surface area (Å²) in [4.78, 5) is 14.6. The molecule has 0 aliphatic carbocycles. The van der Waals surface area contributed by atoms with E-state index in [0.29, 0.717) is 31.4 Å². The molecule has 2 heterocycles. The van der Waals surface area contributed by atoms with Gasteiger partial charge >= 0.3 is 6.03 Å². The van der Waals surface area contributed by atoms with Crippen LogP contribution in [-0.2, 0) is 0 Å². The van der Waals surface area contributed by atoms with Gasteiger partial charge < -0.3 is 14.4 Å². The van der Waals surface area contributed by atoms with E-state index in [0.717, 1.165) is 36.0 Å². The van der Waals surface area contributed by atoms with Crippen molar-refractivity contribution < 1.29 is 18.7 Å². The van der Waals surface area contributed by atoms with Gasteiger partial charge in [0.25, 0.3) is 0 Å². The molecule has 1 saturated heterocycles. The van der Waals surface area contributed by atoms with Crippen LogP contribution in [0.5, 0.6) is 11.5 Å². The van der Waals surface area contributed by atoms with Gasteiger partial charge in [-0.05, 0) is 61.6 Å². The van der Waals surface area contributed by atoms with Crippen LogP contribution in [0.1, 0.15) is 19.3 Å². The molecular weight excluding hydrogens is 375 g/mol. The molecule has 0 N–H and O–H groups in total. The van der Waals surface area contributed by atoms with Crippen LogP contribution in [0.2, 0.25) is 0 Å². The minimum Gasteiger partial charge on any atom is -0.494 e. The molecule has 1 aliphatic heterocycles. The van der Waals surface area contributed by atoms with E-state index in [9.17, 15) is 9.18 Å². The summed E-state index contributed by atoms with van der Waals surface area (Å²) in [5, 5.41) is 8.07. The second-order valence-electron chi connectivity index (χ2n) is 7.06. The summed E-state index contributed by atoms with van der Waals surface area (Å²) >= 11 is 0. The Morgan fingerprint density at radius 2 is 1.72 bits per heavy atom. The first-order valence-corrected chi connectivity index (χ1v) is 9.76. The Morgan fingerprint density at radius 3 is 2.45 bits per heavy atom. The van der Waals surface area contributed by atoms with Crippen molar-refractivity contribution in [3.63, 3.8) is 0 Å². The first kappa shape index (κ1) is 19.2. The normalized spacial score (nSPS) is 14.9. The summed E-state index contributed by atoms with van der Waals surface area (Å²) in [5.74, 6) is 1.74. The fraction of sp³-hybridized carbons (Fsp3) is 0.381. The standard InChI is InChI=1S/C21H23FN4O3/c22-15-29-18-7-5-17(6-8-18)28-14-11-16-9-12-25(13-10-16)21(27)26-20-4-2-1-3-19(20)23-24-26/h1-8,16H,9-15H2. The Hall–Kier alpha value is -3.16. The van der Waals surface area contributed by atoms with Gasteiger partial charge in [0.15, 0.2) is 0 Å². The quantitative estimate of drug-likeness (QED) is 0.630. The van der Waals surface area contributed by atoms with E-state index in [2.05, 4.69) is 10.3 Å². The maximum Gasteiger partial charge on any atom is 0.346 e. The van der Waals surface area contributed by atoms with E-state index in [1.165, 1.54) is 4.68 Å². The molecule has 4 rings (SSSR count). The Morgan fingerprint density at radius 1 is 1.03 bits per heavy atom. The van der Waals surface area contributed by atoms with Crippen LogP contribution in [0, 0.1) is 5.92 Å². The molecule has 1 aliphatic rings. The number of halogens is 1. The van der Waals surface area contributed by atoms with Crippen molar-refractivity contribution in [2.24, 2.45) is 5.92 Å². The molecule has 2 aromatic carbocycles. The Kier molecular flexibility index (Phi) is 5.88. The largest absolute Gasteiger partial charge is 0.494 e. The van der Waals surface area contributed by atoms with Gasteiger partial charge in [0.1, 0.15) is 17.0 Å². The molecule has 1 amide bonds. The smallest absolute Gasteiger partial charge is 0.346 e. The highest BCUT2D eigenvalue weighted by Crippen LogP contribution is 2.23. The number of likely N-dealkylation sites (tertiary alicyclic amines) is 1. The van der Waals surface area contributed by atoms with Crippen LogP contribution in [-0.4, -0.2) is 52.5 Å². The minimum atomic E-state index is -0.839. The van der Waals surface area contributed by atoms with Gasteiger partial charge in [0, 0.05) is 13.1 Å². The van der Waals surface area contributed by atoms with E-state index in [-0.39, 0.29) is 6.03 Å². The van der Waals surface area contributed by atoms with Gasteiger partial charge in [0.05, 0.1) is 12.1 Å². The number of benzene rings is 2. The number of alkyl halides is 1. The van der Waals surface area contributed by atoms with Gasteiger partial charge in [-0.15, -0.1) is 5.10 Å². The average Bonchev–Trinajstić information content (AvgIpc) is 3.19. The molecular formula is C21H23FN4O3. The van der Waals surface area contributed by atoms with Gasteiger partial charge in [-0.2, -0.15) is 4.68 Å². The summed E-state index contributed by atoms with van der Waals surface area (Å²) in [6, 6.07) is 14.3. The average molecular weight is 398 g/mol. The molecule has 0 spiro atoms. The third-order valence-electron chi connectivity index (χ3n) is 5.26. The number of piperidine rings is 1. The SMILES string of the molecule is O=C(N1CCC(CCOc2ccc(OCF)cc2)CC1)n1nnc2ccccc21. The number of aromatic nitrogens is 3. The predicted molar refractivity (Wildman–Crippen MR) is 106 cm³/mol. The van der Waals surface area contributed by atoms with E-state index < -0.39 is 6.86 Å². The number of hydrogen-bond donors (Lipinski definition) is 0. The first-order valence-electron chi connectivity index (χ1n) is 9.76. The van der Waals surface area contributed by atoms with Crippen molar-refractivity contribution in [3.05, 3.63) is 48.5 Å². The minimum absolute atomic E-state index is 0.121. The maximum absolute atomic E-state index is 12.8. The lowest BCUT2D eigenvalue weighted by Crippen LogP contribution is -2.41. The summed E-state index contributed by atoms with van der Waals surface area (Å²) in [5.41, 5.74) is 1.45. The van der Waals surface area contributed by atoms with E-state index in [4.69, 9.17) is 9.47 Å². The van der Waals surface area contributed by atoms with Crippen molar-refractivity contribution >= 4 is 17.1 Å². The highest BCUT2D eigenvalue weighted by Gasteiger charge is 2.25. The van der Waals surface area contributed by atoms with Crippen LogP contribution in [0.3, 0.4) is 0 Å². The lowest BCUT2D eigenvalue weighted by atomic mass is 9.94. The van der Waals surface area contributed by atoms with E-state index in [1.807, 2.05) is 29.2 Å². The van der Waals surface area contributed by atoms with Crippen molar-refractivity contribution in [1.82, 2.24) is 19.9 Å². The summed E-state index contributed by atoms with van der Waals surface area (Å²) in [6.45, 7) is 1.17. The number of ether oxygens (including phenoxy) is 2. The summed E-state index contributed by atoms with van der Waals surface area (Å²) in [7, 11) is 0. The molecule has 1 aromatic heterocycles. The number of nitrogens with zero attached hydrogens (tertiary/aromatic N) is 4. The number of carbonyl (C=O) groups excluding carboxylic acids is 1. The molecule has 3 aromatic rings. The molecule has 0 saturated carbocycles. The fourth-order valence-electron chi connectivity index (χ4n) is 3.60. The highest BCUT2D eigenvalue weighted by atomic mass is 19.1. The monoisotopic (exact) mass is 398 g/mol. The number of carbonyl (C=O) groups is 1. The number of para-hydroxylation sites is 1. The fourth-order valence-corrected chi connectivity index (χ4v) is 3.60. The Labute approximate surface area is 168 Å². The van der Waals surface area contributed by atoms with Crippen molar-refractivity contribution in [3.8, 4) is 11.5 Å². The molecule has 7 nitrogen and oxygen atoms in total. The lowest BCUT2D eigenvalue weighted by molar-refractivity contribution is 0.159. The number of hydrogen-bond acceptors (Lipinski definition) is 5. The third-order valence-corrected chi connectivity index (χ3v) is 5.26. The zero-order valence-electron chi connectivity index (χ0n) is 16.0. The Balaban J connectivity index is 1.23. The van der Waals surface area contributed by atoms with Gasteiger partial charge in [-0.1, -0.05) is 17.3 Å². The zero-order valence-corrected chi connectivity index (χ0v) is 16.0. The lowest BCUT2D eigenvalue weighted by Gasteiger charge is -2.31. The maximum atomic E-state index is 12.8. The Bertz CT molecular complexity index is 952. The van der Waals surface area contributed by atoms with E-state index in [1.54, 1.807) is 24.3 Å². The molecule has 8 heteroatoms. The van der Waals surface area contributed by atoms with Crippen LogP contribution in [0.15, 0.2) is 48.5 Å². The molecule has 152 valence electrons. The molecule has 0 bridgehead atoms. The van der Waals surface area contributed by atoms with Crippen LogP contribution < -0.4 is 9.47 Å². The second kappa shape index (κ2) is 8.89. The van der Waals surface area contributed by atoms with Crippen molar-refractivity contribution in [2.75, 3.05) is 26.6 Å². The molecule has 29 heavy (non-hydrogen) atoms. The molecule has 0 radical (unpaired) electrons. The molecule has 0 unspecified atom stereocenters. The summed E-state index contributed by atoms with van der Waals surface area (Å²) in [6.07, 6.45) is 2.80. The summed E-state index contributed by atoms with van der Waals surface area (Å²) < 4.78 is 24.1. The third kappa shape index (κ3) is 4.47. The van der Waals surface area contributed by atoms with Crippen LogP contribution >= 0.6 is 0 Å². The second-order valence-corrected chi connectivity index (χ2v) is 7.06. The number of amides is 1. The van der Waals surface area contributed by atoms with Gasteiger partial charge in [-0.3, -0.25) is 0 Å².